The van der Waals surface area contributed by atoms with Crippen LogP contribution in [0.4, 0.5) is 28.8 Å². The fourth-order valence-electron chi connectivity index (χ4n) is 5.72. The maximum absolute atomic E-state index is 13.4. The molecule has 46 heavy (non-hydrogen) atoms. The molecule has 0 aliphatic carbocycles. The van der Waals surface area contributed by atoms with Crippen molar-refractivity contribution in [3.63, 3.8) is 0 Å². The lowest BCUT2D eigenvalue weighted by molar-refractivity contribution is 0.249. The lowest BCUT2D eigenvalue weighted by Crippen LogP contribution is -2.42. The van der Waals surface area contributed by atoms with Gasteiger partial charge >= 0.3 is 0 Å². The zero-order valence-corrected chi connectivity index (χ0v) is 28.6. The highest BCUT2D eigenvalue weighted by Gasteiger charge is 2.26. The van der Waals surface area contributed by atoms with Crippen LogP contribution in [0.1, 0.15) is 18.4 Å². The van der Waals surface area contributed by atoms with Crippen LogP contribution in [0.25, 0.3) is 16.6 Å². The molecule has 242 valence electrons. The molecule has 2 aromatic heterocycles. The molecule has 0 atom stereocenters. The number of methoxy groups -OCH3 is 1. The normalized spacial score (nSPS) is 14.8. The van der Waals surface area contributed by atoms with Crippen LogP contribution in [0.2, 0.25) is 5.02 Å². The number of allylic oxidation sites excluding steroid dienone is 1. The van der Waals surface area contributed by atoms with Gasteiger partial charge in [-0.1, -0.05) is 11.6 Å². The second-order valence-electron chi connectivity index (χ2n) is 11.6. The Bertz CT molecular complexity index is 1830. The molecule has 0 bridgehead atoms. The summed E-state index contributed by atoms with van der Waals surface area (Å²) >= 11 is 6.57. The molecule has 1 saturated heterocycles. The molecule has 0 spiro atoms. The molecular weight excluding hydrogens is 623 g/mol. The molecule has 0 radical (unpaired) electrons. The Morgan fingerprint density at radius 3 is 2.52 bits per heavy atom. The van der Waals surface area contributed by atoms with Crippen molar-refractivity contribution in [2.75, 3.05) is 70.2 Å². The summed E-state index contributed by atoms with van der Waals surface area (Å²) < 4.78 is 19.3. The number of aromatic nitrogens is 4. The second-order valence-corrected chi connectivity index (χ2v) is 15.2. The molecule has 4 aromatic rings. The summed E-state index contributed by atoms with van der Waals surface area (Å²) in [4.78, 5) is 26.8. The van der Waals surface area contributed by atoms with Gasteiger partial charge in [0.15, 0.2) is 5.82 Å². The summed E-state index contributed by atoms with van der Waals surface area (Å²) in [5, 5.41) is 7.42. The number of halogens is 1. The quantitative estimate of drug-likeness (QED) is 0.149. The summed E-state index contributed by atoms with van der Waals surface area (Å²) in [6, 6.07) is 8.15. The minimum absolute atomic E-state index is 0.274. The summed E-state index contributed by atoms with van der Waals surface area (Å²) in [7, 11) is 4.81. The first-order valence-electron chi connectivity index (χ1n) is 14.9. The molecule has 0 unspecified atom stereocenters. The Morgan fingerprint density at radius 1 is 1.13 bits per heavy atom. The highest BCUT2D eigenvalue weighted by atomic mass is 35.5. The van der Waals surface area contributed by atoms with Crippen molar-refractivity contribution >= 4 is 75.7 Å². The highest BCUT2D eigenvalue weighted by molar-refractivity contribution is 7.71. The van der Waals surface area contributed by atoms with Gasteiger partial charge < -0.3 is 35.5 Å². The van der Waals surface area contributed by atoms with E-state index >= 15 is 0 Å². The lowest BCUT2D eigenvalue weighted by Gasteiger charge is -2.37. The second kappa shape index (κ2) is 14.0. The number of nitrogens with zero attached hydrogens (tertiary/aromatic N) is 7. The molecule has 5 rings (SSSR count). The molecular formula is C32H40ClN10O2P. The molecule has 3 heterocycles. The van der Waals surface area contributed by atoms with Crippen LogP contribution < -0.4 is 31.3 Å². The van der Waals surface area contributed by atoms with Crippen LogP contribution >= 0.6 is 18.7 Å². The van der Waals surface area contributed by atoms with Gasteiger partial charge in [0, 0.05) is 73.9 Å². The SMILES string of the molecule is CN=CC(=CN)c1cc(Nc2ncc(Cl)c(Nc3ccc4nccnc4c3P(C)(C)=O)n2)c(OC)cc1N1CCC(N(C)C)CC1. The van der Waals surface area contributed by atoms with Crippen LogP contribution in [-0.4, -0.2) is 91.8 Å². The van der Waals surface area contributed by atoms with E-state index in [-0.39, 0.29) is 11.0 Å². The average molecular weight is 663 g/mol. The predicted molar refractivity (Wildman–Crippen MR) is 191 cm³/mol. The highest BCUT2D eigenvalue weighted by Crippen LogP contribution is 2.42. The third kappa shape index (κ3) is 7.09. The fourth-order valence-corrected chi connectivity index (χ4v) is 7.26. The number of nitrogens with two attached hydrogens (primary N) is 1. The van der Waals surface area contributed by atoms with E-state index in [2.05, 4.69) is 59.5 Å². The number of ether oxygens (including phenoxy) is 1. The molecule has 4 N–H and O–H groups in total. The number of fused-ring (bicyclic) bond motifs is 1. The van der Waals surface area contributed by atoms with E-state index in [1.54, 1.807) is 52.3 Å². The Morgan fingerprint density at radius 2 is 1.87 bits per heavy atom. The van der Waals surface area contributed by atoms with Gasteiger partial charge in [0.2, 0.25) is 5.95 Å². The first-order valence-corrected chi connectivity index (χ1v) is 17.9. The van der Waals surface area contributed by atoms with Crippen molar-refractivity contribution < 1.29 is 9.30 Å². The zero-order valence-electron chi connectivity index (χ0n) is 27.0. The molecule has 0 saturated carbocycles. The minimum atomic E-state index is -2.80. The number of anilines is 5. The van der Waals surface area contributed by atoms with Crippen molar-refractivity contribution in [3.05, 3.63) is 59.6 Å². The largest absolute Gasteiger partial charge is 0.494 e. The molecule has 14 heteroatoms. The zero-order chi connectivity index (χ0) is 33.0. The molecule has 1 fully saturated rings. The van der Waals surface area contributed by atoms with Crippen molar-refractivity contribution in [1.29, 1.82) is 0 Å². The number of hydrogen-bond acceptors (Lipinski definition) is 12. The topological polar surface area (TPSA) is 147 Å². The maximum Gasteiger partial charge on any atom is 0.229 e. The van der Waals surface area contributed by atoms with Crippen LogP contribution in [0.15, 0.2) is 54.0 Å². The summed E-state index contributed by atoms with van der Waals surface area (Å²) in [6.45, 7) is 5.18. The van der Waals surface area contributed by atoms with E-state index < -0.39 is 7.14 Å². The first-order chi connectivity index (χ1) is 22.0. The third-order valence-corrected chi connectivity index (χ3v) is 9.81. The van der Waals surface area contributed by atoms with E-state index in [0.29, 0.717) is 45.3 Å². The van der Waals surface area contributed by atoms with Gasteiger partial charge in [-0.15, -0.1) is 0 Å². The van der Waals surface area contributed by atoms with E-state index in [9.17, 15) is 4.57 Å². The number of rotatable bonds is 10. The van der Waals surface area contributed by atoms with Crippen molar-refractivity contribution in [3.8, 4) is 5.75 Å². The summed E-state index contributed by atoms with van der Waals surface area (Å²) in [5.41, 5.74) is 11.2. The van der Waals surface area contributed by atoms with Crippen LogP contribution in [0.5, 0.6) is 5.75 Å². The van der Waals surface area contributed by atoms with E-state index in [1.165, 1.54) is 6.20 Å². The minimum Gasteiger partial charge on any atom is -0.494 e. The monoisotopic (exact) mass is 662 g/mol. The van der Waals surface area contributed by atoms with Crippen LogP contribution in [0, 0.1) is 0 Å². The van der Waals surface area contributed by atoms with Crippen LogP contribution in [-0.2, 0) is 4.57 Å². The van der Waals surface area contributed by atoms with Crippen molar-refractivity contribution in [2.45, 2.75) is 18.9 Å². The molecule has 1 aliphatic rings. The van der Waals surface area contributed by atoms with Crippen molar-refractivity contribution in [1.82, 2.24) is 24.8 Å². The predicted octanol–water partition coefficient (Wildman–Crippen LogP) is 5.35. The number of nitrogens with one attached hydrogen (secondary N) is 2. The number of piperidine rings is 1. The van der Waals surface area contributed by atoms with E-state index in [4.69, 9.17) is 22.1 Å². The summed E-state index contributed by atoms with van der Waals surface area (Å²) in [6.07, 6.45) is 10.1. The fraction of sp³-hybridized carbons (Fsp3) is 0.344. The number of hydrogen-bond donors (Lipinski definition) is 3. The van der Waals surface area contributed by atoms with Gasteiger partial charge in [0.1, 0.15) is 23.4 Å². The molecule has 12 nitrogen and oxygen atoms in total. The Kier molecular flexibility index (Phi) is 10.1. The molecule has 2 aromatic carbocycles. The lowest BCUT2D eigenvalue weighted by atomic mass is 9.98. The van der Waals surface area contributed by atoms with Crippen LogP contribution in [0.3, 0.4) is 0 Å². The smallest absolute Gasteiger partial charge is 0.229 e. The Labute approximate surface area is 274 Å². The van der Waals surface area contributed by atoms with Gasteiger partial charge in [0.25, 0.3) is 0 Å². The van der Waals surface area contributed by atoms with E-state index in [0.717, 1.165) is 42.8 Å². The molecule has 1 aliphatic heterocycles. The van der Waals surface area contributed by atoms with Gasteiger partial charge in [-0.2, -0.15) is 4.98 Å². The van der Waals surface area contributed by atoms with Gasteiger partial charge in [-0.05, 0) is 58.5 Å². The summed E-state index contributed by atoms with van der Waals surface area (Å²) in [5.74, 6) is 1.22. The standard InChI is InChI=1S/C32H40ClN10O2P/c1-35-18-20(17-34)22-15-26(28(45-4)16-27(22)43-13-9-21(10-14-43)42(2)3)40-32-38-19-23(33)31(41-32)39-25-8-7-24-29(37-12-11-36-24)30(25)46(5,6)44/h7-8,11-12,15-19,21H,9-10,13-14,34H2,1-6H3,(H2,38,39,40,41). The average Bonchev–Trinajstić information content (AvgIpc) is 3.04. The Hall–Kier alpha value is -4.25. The maximum atomic E-state index is 13.4. The third-order valence-electron chi connectivity index (χ3n) is 8.01. The van der Waals surface area contributed by atoms with Gasteiger partial charge in [-0.3, -0.25) is 15.0 Å². The molecule has 0 amide bonds. The van der Waals surface area contributed by atoms with Crippen molar-refractivity contribution in [2.24, 2.45) is 10.7 Å². The van der Waals surface area contributed by atoms with E-state index in [1.807, 2.05) is 24.3 Å². The van der Waals surface area contributed by atoms with Gasteiger partial charge in [-0.25, -0.2) is 4.98 Å². The van der Waals surface area contributed by atoms with Gasteiger partial charge in [0.05, 0.1) is 35.5 Å². The first kappa shape index (κ1) is 33.1. The number of benzene rings is 2. The number of aliphatic imine (C=N–C) groups is 1. The Balaban J connectivity index is 1.52.